The molecule has 0 radical (unpaired) electrons. The van der Waals surface area contributed by atoms with Gasteiger partial charge in [0.25, 0.3) is 11.4 Å². The zero-order valence-electron chi connectivity index (χ0n) is 22.0. The Kier molecular flexibility index (Phi) is 6.04. The van der Waals surface area contributed by atoms with E-state index in [2.05, 4.69) is 31.3 Å². The van der Waals surface area contributed by atoms with Crippen molar-refractivity contribution in [3.63, 3.8) is 0 Å². The molecule has 2 bridgehead atoms. The van der Waals surface area contributed by atoms with Gasteiger partial charge in [0, 0.05) is 23.1 Å². The summed E-state index contributed by atoms with van der Waals surface area (Å²) >= 11 is 0. The highest BCUT2D eigenvalue weighted by Gasteiger charge is 2.62. The number of carbonyl (C=O) groups is 2. The molecular weight excluding hydrogens is 480 g/mol. The molecule has 1 aromatic rings. The number of hydrazone groups is 1. The van der Waals surface area contributed by atoms with Gasteiger partial charge >= 0.3 is 5.97 Å². The fourth-order valence-corrected chi connectivity index (χ4v) is 7.34. The number of nitrogens with zero attached hydrogens (tertiary/aromatic N) is 3. The van der Waals surface area contributed by atoms with Crippen LogP contribution >= 0.6 is 0 Å². The van der Waals surface area contributed by atoms with Crippen molar-refractivity contribution in [1.82, 2.24) is 0 Å². The maximum atomic E-state index is 14.1. The number of carbonyl (C=O) groups excluding carboxylic acids is 2. The summed E-state index contributed by atoms with van der Waals surface area (Å²) < 4.78 is 5.28. The third-order valence-electron chi connectivity index (χ3n) is 7.82. The minimum Gasteiger partial charge on any atom is -0.468 e. The number of Topliss-reactive ketones (excluding diaryl/α,β-unsaturated/α-hetero) is 1. The van der Waals surface area contributed by atoms with Crippen LogP contribution in [0.4, 0.5) is 17.1 Å². The number of esters is 1. The Bertz CT molecular complexity index is 1260. The van der Waals surface area contributed by atoms with Crippen molar-refractivity contribution in [3.8, 4) is 0 Å². The van der Waals surface area contributed by atoms with E-state index in [4.69, 9.17) is 4.74 Å². The minimum atomic E-state index is -1.09. The van der Waals surface area contributed by atoms with Gasteiger partial charge in [0.2, 0.25) is 5.78 Å². The number of nitro groups is 2. The van der Waals surface area contributed by atoms with E-state index >= 15 is 0 Å². The third kappa shape index (κ3) is 4.51. The van der Waals surface area contributed by atoms with Crippen LogP contribution in [0.15, 0.2) is 34.4 Å². The van der Waals surface area contributed by atoms with Crippen molar-refractivity contribution in [2.45, 2.75) is 66.7 Å². The first-order valence-corrected chi connectivity index (χ1v) is 12.2. The molecule has 11 nitrogen and oxygen atoms in total. The number of nitrogens with one attached hydrogen (secondary N) is 1. The number of fused-ring (bicyclic) bond motifs is 3. The Morgan fingerprint density at radius 3 is 2.11 bits per heavy atom. The number of benzene rings is 1. The molecule has 3 aliphatic carbocycles. The summed E-state index contributed by atoms with van der Waals surface area (Å²) in [4.78, 5) is 48.6. The van der Waals surface area contributed by atoms with Gasteiger partial charge in [-0.05, 0) is 42.9 Å². The van der Waals surface area contributed by atoms with Crippen molar-refractivity contribution in [3.05, 3.63) is 49.6 Å². The van der Waals surface area contributed by atoms with Gasteiger partial charge in [-0.25, -0.2) is 0 Å². The topological polar surface area (TPSA) is 154 Å². The molecule has 0 amide bonds. The van der Waals surface area contributed by atoms with E-state index in [0.717, 1.165) is 30.2 Å². The molecule has 4 rings (SSSR count). The largest absolute Gasteiger partial charge is 0.468 e. The number of nitro benzene ring substituents is 2. The molecule has 0 aromatic heterocycles. The van der Waals surface area contributed by atoms with E-state index in [1.807, 2.05) is 13.8 Å². The van der Waals surface area contributed by atoms with E-state index in [0.29, 0.717) is 31.3 Å². The van der Waals surface area contributed by atoms with E-state index in [-0.39, 0.29) is 28.0 Å². The van der Waals surface area contributed by atoms with Gasteiger partial charge in [-0.2, -0.15) is 5.10 Å². The number of methoxy groups -OCH3 is 1. The molecule has 2 atom stereocenters. The molecule has 0 unspecified atom stereocenters. The highest BCUT2D eigenvalue weighted by molar-refractivity contribution is 6.49. The molecule has 1 aromatic carbocycles. The molecule has 11 heteroatoms. The Hall–Kier alpha value is -3.63. The molecule has 0 heterocycles. The lowest BCUT2D eigenvalue weighted by Crippen LogP contribution is -2.56. The van der Waals surface area contributed by atoms with Crippen LogP contribution in [0.25, 0.3) is 0 Å². The molecule has 1 fully saturated rings. The Morgan fingerprint density at radius 1 is 0.973 bits per heavy atom. The fourth-order valence-electron chi connectivity index (χ4n) is 7.34. The van der Waals surface area contributed by atoms with Crippen LogP contribution in [-0.4, -0.2) is 34.4 Å². The van der Waals surface area contributed by atoms with E-state index in [1.165, 1.54) is 7.11 Å². The molecule has 198 valence electrons. The van der Waals surface area contributed by atoms with Crippen LogP contribution in [0.3, 0.4) is 0 Å². The monoisotopic (exact) mass is 512 g/mol. The van der Waals surface area contributed by atoms with Crippen LogP contribution in [0.1, 0.15) is 66.7 Å². The lowest BCUT2D eigenvalue weighted by molar-refractivity contribution is -0.394. The van der Waals surface area contributed by atoms with Crippen LogP contribution in [0, 0.1) is 41.9 Å². The summed E-state index contributed by atoms with van der Waals surface area (Å²) in [5, 5.41) is 26.9. The number of ether oxygens (including phenoxy) is 1. The summed E-state index contributed by atoms with van der Waals surface area (Å²) in [6.07, 6.45) is 3.14. The molecule has 0 saturated heterocycles. The molecule has 0 aliphatic heterocycles. The maximum absolute atomic E-state index is 14.1. The predicted octanol–water partition coefficient (Wildman–Crippen LogP) is 5.35. The number of rotatable bonds is 5. The highest BCUT2D eigenvalue weighted by atomic mass is 16.6. The van der Waals surface area contributed by atoms with Crippen LogP contribution in [-0.2, 0) is 14.3 Å². The number of ketones is 1. The zero-order chi connectivity index (χ0) is 27.6. The van der Waals surface area contributed by atoms with Gasteiger partial charge in [-0.3, -0.25) is 35.2 Å². The zero-order valence-corrected chi connectivity index (χ0v) is 22.0. The van der Waals surface area contributed by atoms with Gasteiger partial charge < -0.3 is 4.74 Å². The third-order valence-corrected chi connectivity index (χ3v) is 7.82. The molecule has 37 heavy (non-hydrogen) atoms. The summed E-state index contributed by atoms with van der Waals surface area (Å²) in [5.41, 5.74) is 1.14. The number of non-ortho nitro benzene ring substituents is 2. The average molecular weight is 513 g/mol. The van der Waals surface area contributed by atoms with Crippen LogP contribution < -0.4 is 5.43 Å². The quantitative estimate of drug-likeness (QED) is 0.315. The summed E-state index contributed by atoms with van der Waals surface area (Å²) in [7, 11) is 1.34. The first-order chi connectivity index (χ1) is 17.0. The minimum absolute atomic E-state index is 0.00877. The van der Waals surface area contributed by atoms with Gasteiger partial charge in [-0.1, -0.05) is 40.2 Å². The van der Waals surface area contributed by atoms with Crippen molar-refractivity contribution in [2.24, 2.45) is 26.8 Å². The van der Waals surface area contributed by atoms with E-state index < -0.39 is 38.0 Å². The lowest BCUT2D eigenvalue weighted by Gasteiger charge is -2.57. The number of allylic oxidation sites excluding steroid dienone is 1. The normalized spacial score (nSPS) is 28.9. The van der Waals surface area contributed by atoms with Gasteiger partial charge in [-0.15, -0.1) is 0 Å². The van der Waals surface area contributed by atoms with Crippen molar-refractivity contribution >= 4 is 34.5 Å². The van der Waals surface area contributed by atoms with Gasteiger partial charge in [0.15, 0.2) is 0 Å². The van der Waals surface area contributed by atoms with Crippen LogP contribution in [0.5, 0.6) is 0 Å². The van der Waals surface area contributed by atoms with Crippen molar-refractivity contribution in [1.29, 1.82) is 0 Å². The van der Waals surface area contributed by atoms with Crippen molar-refractivity contribution < 1.29 is 24.2 Å². The maximum Gasteiger partial charge on any atom is 0.316 e. The first-order valence-electron chi connectivity index (χ1n) is 12.2. The molecule has 3 aliphatic rings. The SMILES string of the molecule is COC(=O)[C@@]12CC(C)(C)C[C@](C)(CC3=C1C(=O)/C(=N\Nc1cc([N+](=O)[O-])cc([N+](=O)[O-])c1)C(C)(C)C3)C2. The highest BCUT2D eigenvalue weighted by Crippen LogP contribution is 2.65. The number of hydrogen-bond acceptors (Lipinski definition) is 9. The fraction of sp³-hybridized carbons (Fsp3) is 0.577. The van der Waals surface area contributed by atoms with Gasteiger partial charge in [0.1, 0.15) is 5.71 Å². The number of hydrogen-bond donors (Lipinski definition) is 1. The Balaban J connectivity index is 1.82. The second-order valence-corrected chi connectivity index (χ2v) is 12.4. The predicted molar refractivity (Wildman–Crippen MR) is 136 cm³/mol. The number of anilines is 1. The van der Waals surface area contributed by atoms with E-state index in [1.54, 1.807) is 0 Å². The average Bonchev–Trinajstić information content (AvgIpc) is 2.75. The smallest absolute Gasteiger partial charge is 0.316 e. The van der Waals surface area contributed by atoms with E-state index in [9.17, 15) is 29.8 Å². The molecular formula is C26H32N4O7. The Morgan fingerprint density at radius 2 is 1.57 bits per heavy atom. The van der Waals surface area contributed by atoms with Gasteiger partial charge in [0.05, 0.1) is 34.1 Å². The summed E-state index contributed by atoms with van der Waals surface area (Å²) in [6, 6.07) is 3.09. The second kappa shape index (κ2) is 8.46. The molecule has 1 N–H and O–H groups in total. The Labute approximate surface area is 214 Å². The molecule has 0 spiro atoms. The van der Waals surface area contributed by atoms with Crippen molar-refractivity contribution in [2.75, 3.05) is 12.5 Å². The first kappa shape index (κ1) is 26.4. The summed E-state index contributed by atoms with van der Waals surface area (Å²) in [6.45, 7) is 10.2. The summed E-state index contributed by atoms with van der Waals surface area (Å²) in [5.74, 6) is -0.780. The van der Waals surface area contributed by atoms with Crippen LogP contribution in [0.2, 0.25) is 0 Å². The lowest BCUT2D eigenvalue weighted by atomic mass is 9.45. The second-order valence-electron chi connectivity index (χ2n) is 12.4. The molecule has 1 saturated carbocycles. The standard InChI is InChI=1S/C26H32N4O7/c1-23(2)12-25(5)11-15-10-24(3,4)21(20(31)19(15)26(13-23,14-25)22(32)37-6)28-27-16-7-17(29(33)34)9-18(8-16)30(35)36/h7-9,27H,10-14H2,1-6H3/b28-21+/t25-,26+/m0/s1.